The first-order valence-electron chi connectivity index (χ1n) is 9.46. The fourth-order valence-electron chi connectivity index (χ4n) is 3.59. The van der Waals surface area contributed by atoms with Gasteiger partial charge < -0.3 is 4.90 Å². The van der Waals surface area contributed by atoms with Crippen LogP contribution >= 0.6 is 34.5 Å². The largest absolute Gasteiger partial charge is 0.348 e. The lowest BCUT2D eigenvalue weighted by atomic mass is 10.1. The van der Waals surface area contributed by atoms with E-state index in [1.165, 1.54) is 17.4 Å². The van der Waals surface area contributed by atoms with E-state index in [0.29, 0.717) is 32.4 Å². The summed E-state index contributed by atoms with van der Waals surface area (Å²) in [6.45, 7) is 1.23. The molecule has 0 N–H and O–H groups in total. The molecule has 158 valence electrons. The van der Waals surface area contributed by atoms with Crippen molar-refractivity contribution in [1.82, 2.24) is 4.98 Å². The Kier molecular flexibility index (Phi) is 6.34. The fraction of sp³-hybridized carbons (Fsp3) is 0.286. The first-order valence-corrected chi connectivity index (χ1v) is 12.6. The summed E-state index contributed by atoms with van der Waals surface area (Å²) in [6, 6.07) is 11.3. The van der Waals surface area contributed by atoms with E-state index in [1.807, 2.05) is 5.38 Å². The van der Waals surface area contributed by atoms with Gasteiger partial charge in [-0.25, -0.2) is 17.8 Å². The van der Waals surface area contributed by atoms with Gasteiger partial charge >= 0.3 is 0 Å². The lowest BCUT2D eigenvalue weighted by Gasteiger charge is -2.31. The maximum absolute atomic E-state index is 13.3. The maximum Gasteiger partial charge on any atom is 0.185 e. The number of thiazole rings is 1. The number of hydrogen-bond donors (Lipinski definition) is 0. The van der Waals surface area contributed by atoms with Crippen molar-refractivity contribution in [3.63, 3.8) is 0 Å². The molecule has 1 aliphatic rings. The molecule has 0 atom stereocenters. The minimum absolute atomic E-state index is 0.102. The van der Waals surface area contributed by atoms with Crippen LogP contribution in [0.5, 0.6) is 0 Å². The minimum Gasteiger partial charge on any atom is -0.348 e. The fourth-order valence-corrected chi connectivity index (χ4v) is 6.93. The molecule has 2 aromatic carbocycles. The van der Waals surface area contributed by atoms with Gasteiger partial charge in [-0.3, -0.25) is 0 Å². The van der Waals surface area contributed by atoms with E-state index < -0.39 is 20.9 Å². The first-order chi connectivity index (χ1) is 14.3. The Bertz CT molecular complexity index is 1160. The van der Waals surface area contributed by atoms with Gasteiger partial charge in [-0.2, -0.15) is 0 Å². The van der Waals surface area contributed by atoms with Crippen LogP contribution in [-0.2, 0) is 16.3 Å². The third kappa shape index (κ3) is 4.49. The molecule has 1 aliphatic heterocycles. The first kappa shape index (κ1) is 21.6. The van der Waals surface area contributed by atoms with Crippen molar-refractivity contribution in [2.24, 2.45) is 0 Å². The lowest BCUT2D eigenvalue weighted by Crippen LogP contribution is -2.39. The normalized spacial score (nSPS) is 15.5. The summed E-state index contributed by atoms with van der Waals surface area (Å²) in [5, 5.41) is 2.76. The monoisotopic (exact) mass is 484 g/mol. The summed E-state index contributed by atoms with van der Waals surface area (Å²) in [6.07, 6.45) is 1.61. The van der Waals surface area contributed by atoms with E-state index in [9.17, 15) is 12.8 Å². The molecule has 3 aromatic rings. The van der Waals surface area contributed by atoms with Crippen LogP contribution in [0.25, 0.3) is 0 Å². The highest BCUT2D eigenvalue weighted by atomic mass is 35.5. The Morgan fingerprint density at radius 1 is 1.10 bits per heavy atom. The van der Waals surface area contributed by atoms with Crippen LogP contribution in [0.2, 0.25) is 10.0 Å². The van der Waals surface area contributed by atoms with Gasteiger partial charge in [-0.1, -0.05) is 41.4 Å². The highest BCUT2D eigenvalue weighted by molar-refractivity contribution is 7.92. The van der Waals surface area contributed by atoms with Crippen LogP contribution in [0.4, 0.5) is 9.52 Å². The number of benzene rings is 2. The second kappa shape index (κ2) is 8.83. The number of anilines is 1. The smallest absolute Gasteiger partial charge is 0.185 e. The predicted molar refractivity (Wildman–Crippen MR) is 120 cm³/mol. The number of hydrogen-bond acceptors (Lipinski definition) is 5. The molecule has 2 heterocycles. The van der Waals surface area contributed by atoms with E-state index in [1.54, 1.807) is 36.4 Å². The molecule has 0 radical (unpaired) electrons. The summed E-state index contributed by atoms with van der Waals surface area (Å²) in [7, 11) is -3.46. The molecule has 30 heavy (non-hydrogen) atoms. The summed E-state index contributed by atoms with van der Waals surface area (Å²) in [5.74, 6) is -0.436. The quantitative estimate of drug-likeness (QED) is 0.471. The number of sulfone groups is 1. The minimum atomic E-state index is -3.46. The Morgan fingerprint density at radius 3 is 2.53 bits per heavy atom. The predicted octanol–water partition coefficient (Wildman–Crippen LogP) is 5.62. The van der Waals surface area contributed by atoms with Crippen molar-refractivity contribution in [3.05, 3.63) is 75.0 Å². The summed E-state index contributed by atoms with van der Waals surface area (Å²) in [4.78, 5) is 7.00. The molecular formula is C21H19Cl2FN2O2S2. The number of nitrogens with zero attached hydrogens (tertiary/aromatic N) is 2. The molecule has 1 saturated heterocycles. The van der Waals surface area contributed by atoms with E-state index in [0.717, 1.165) is 16.4 Å². The van der Waals surface area contributed by atoms with Gasteiger partial charge in [0, 0.05) is 24.9 Å². The second-order valence-corrected chi connectivity index (χ2v) is 11.1. The highest BCUT2D eigenvalue weighted by Gasteiger charge is 2.33. The van der Waals surface area contributed by atoms with Gasteiger partial charge in [0.15, 0.2) is 15.0 Å². The van der Waals surface area contributed by atoms with Crippen LogP contribution in [0.1, 0.15) is 24.1 Å². The van der Waals surface area contributed by atoms with Crippen molar-refractivity contribution in [2.45, 2.75) is 29.4 Å². The van der Waals surface area contributed by atoms with E-state index in [-0.39, 0.29) is 14.9 Å². The zero-order valence-corrected chi connectivity index (χ0v) is 19.0. The average molecular weight is 485 g/mol. The van der Waals surface area contributed by atoms with Crippen LogP contribution in [0.3, 0.4) is 0 Å². The Balaban J connectivity index is 1.41. The molecule has 4 nitrogen and oxygen atoms in total. The van der Waals surface area contributed by atoms with Crippen LogP contribution < -0.4 is 4.90 Å². The summed E-state index contributed by atoms with van der Waals surface area (Å²) < 4.78 is 39.2. The maximum atomic E-state index is 13.3. The van der Waals surface area contributed by atoms with Crippen LogP contribution in [-0.4, -0.2) is 31.7 Å². The third-order valence-corrected chi connectivity index (χ3v) is 9.20. The molecule has 9 heteroatoms. The van der Waals surface area contributed by atoms with Crippen molar-refractivity contribution in [2.75, 3.05) is 18.0 Å². The standard InChI is InChI=1S/C21H19Cl2FN2O2S2/c22-17-3-1-2-4-20(17)30(27,28)16-7-9-26(10-8-16)21-25-15(13-29-21)11-14-5-6-19(24)18(23)12-14/h1-6,12-13,16H,7-11H2. The van der Waals surface area contributed by atoms with E-state index in [4.69, 9.17) is 23.2 Å². The lowest BCUT2D eigenvalue weighted by molar-refractivity contribution is 0.529. The van der Waals surface area contributed by atoms with Crippen LogP contribution in [0, 0.1) is 5.82 Å². The van der Waals surface area contributed by atoms with Gasteiger partial charge in [-0.05, 0) is 42.7 Å². The molecule has 1 fully saturated rings. The van der Waals surface area contributed by atoms with Gasteiger partial charge in [0.1, 0.15) is 5.82 Å². The van der Waals surface area contributed by atoms with Gasteiger partial charge in [-0.15, -0.1) is 11.3 Å². The molecule has 0 unspecified atom stereocenters. The zero-order chi connectivity index (χ0) is 21.3. The molecule has 0 aliphatic carbocycles. The average Bonchev–Trinajstić information content (AvgIpc) is 3.19. The summed E-state index contributed by atoms with van der Waals surface area (Å²) >= 11 is 13.5. The van der Waals surface area contributed by atoms with Gasteiger partial charge in [0.05, 0.1) is 25.9 Å². The molecule has 0 saturated carbocycles. The molecule has 0 bridgehead atoms. The van der Waals surface area contributed by atoms with Gasteiger partial charge in [0.25, 0.3) is 0 Å². The number of halogens is 3. The van der Waals surface area contributed by atoms with Crippen molar-refractivity contribution >= 4 is 49.5 Å². The number of rotatable bonds is 5. The molecule has 0 spiro atoms. The Morgan fingerprint density at radius 2 is 1.83 bits per heavy atom. The zero-order valence-electron chi connectivity index (χ0n) is 15.9. The number of aromatic nitrogens is 1. The summed E-state index contributed by atoms with van der Waals surface area (Å²) in [5.41, 5.74) is 1.77. The van der Waals surface area contributed by atoms with Crippen LogP contribution in [0.15, 0.2) is 52.7 Å². The van der Waals surface area contributed by atoms with Gasteiger partial charge in [0.2, 0.25) is 0 Å². The molecule has 1 aromatic heterocycles. The number of piperidine rings is 1. The highest BCUT2D eigenvalue weighted by Crippen LogP contribution is 2.32. The molecular weight excluding hydrogens is 466 g/mol. The SMILES string of the molecule is O=S(=O)(c1ccccc1Cl)C1CCN(c2nc(Cc3ccc(F)c(Cl)c3)cs2)CC1. The second-order valence-electron chi connectivity index (χ2n) is 7.21. The molecule has 0 amide bonds. The Hall–Kier alpha value is -1.67. The van der Waals surface area contributed by atoms with E-state index in [2.05, 4.69) is 9.88 Å². The third-order valence-electron chi connectivity index (χ3n) is 5.20. The topological polar surface area (TPSA) is 50.3 Å². The van der Waals surface area contributed by atoms with E-state index >= 15 is 0 Å². The van der Waals surface area contributed by atoms with Crippen molar-refractivity contribution in [1.29, 1.82) is 0 Å². The Labute approximate surface area is 189 Å². The van der Waals surface area contributed by atoms with Crippen molar-refractivity contribution in [3.8, 4) is 0 Å². The van der Waals surface area contributed by atoms with Crippen molar-refractivity contribution < 1.29 is 12.8 Å². The molecule has 4 rings (SSSR count).